The lowest BCUT2D eigenvalue weighted by Gasteiger charge is -1.87. The molecular formula is C7H6N4S2. The molecule has 0 amide bonds. The number of aromatic amines is 1. The Bertz CT molecular complexity index is 451. The molecule has 13 heavy (non-hydrogen) atoms. The second-order valence-electron chi connectivity index (χ2n) is 2.31. The molecule has 2 rings (SSSR count). The molecule has 0 radical (unpaired) electrons. The van der Waals surface area contributed by atoms with E-state index < -0.39 is 0 Å². The van der Waals surface area contributed by atoms with E-state index in [2.05, 4.69) is 15.3 Å². The van der Waals surface area contributed by atoms with Crippen molar-refractivity contribution in [3.63, 3.8) is 0 Å². The molecule has 0 atom stereocenters. The Hall–Kier alpha value is -1.27. The third kappa shape index (κ3) is 1.90. The monoisotopic (exact) mass is 210 g/mol. The van der Waals surface area contributed by atoms with Crippen molar-refractivity contribution in [1.82, 2.24) is 14.9 Å². The topological polar surface area (TPSA) is 46.0 Å². The van der Waals surface area contributed by atoms with E-state index in [4.69, 9.17) is 12.2 Å². The maximum absolute atomic E-state index is 4.91. The van der Waals surface area contributed by atoms with E-state index in [1.54, 1.807) is 17.6 Å². The van der Waals surface area contributed by atoms with Gasteiger partial charge in [-0.05, 0) is 29.0 Å². The lowest BCUT2D eigenvalue weighted by molar-refractivity contribution is 0.863. The zero-order valence-corrected chi connectivity index (χ0v) is 8.18. The molecule has 2 aromatic heterocycles. The highest BCUT2D eigenvalue weighted by Crippen LogP contribution is 2.02. The summed E-state index contributed by atoms with van der Waals surface area (Å²) in [5, 5.41) is 14.5. The number of rotatable bonds is 2. The molecule has 66 valence electrons. The van der Waals surface area contributed by atoms with Crippen molar-refractivity contribution in [1.29, 1.82) is 0 Å². The van der Waals surface area contributed by atoms with Crippen molar-refractivity contribution in [3.05, 3.63) is 33.5 Å². The summed E-state index contributed by atoms with van der Waals surface area (Å²) in [6.45, 7) is 0. The van der Waals surface area contributed by atoms with Crippen molar-refractivity contribution in [2.24, 2.45) is 5.10 Å². The third-order valence-corrected chi connectivity index (χ3v) is 2.39. The normalized spacial score (nSPS) is 11.1. The van der Waals surface area contributed by atoms with Gasteiger partial charge in [-0.15, -0.1) is 0 Å². The minimum Gasteiger partial charge on any atom is -0.250 e. The summed E-state index contributed by atoms with van der Waals surface area (Å²) in [5.74, 6) is 0. The highest BCUT2D eigenvalue weighted by Gasteiger charge is 1.89. The molecule has 0 aliphatic heterocycles. The standard InChI is InChI=1S/C7H6N4S2/c12-7-10-8-5-11(7)9-3-6-1-2-13-4-6/h1-5H,(H,10,12)/b9-3-. The molecule has 6 heteroatoms. The fourth-order valence-electron chi connectivity index (χ4n) is 0.802. The Morgan fingerprint density at radius 1 is 1.69 bits per heavy atom. The predicted molar refractivity (Wildman–Crippen MR) is 54.7 cm³/mol. The van der Waals surface area contributed by atoms with Crippen molar-refractivity contribution in [3.8, 4) is 0 Å². The number of nitrogens with one attached hydrogen (secondary N) is 1. The van der Waals surface area contributed by atoms with Gasteiger partial charge < -0.3 is 0 Å². The van der Waals surface area contributed by atoms with E-state index in [1.807, 2.05) is 16.8 Å². The van der Waals surface area contributed by atoms with E-state index >= 15 is 0 Å². The molecule has 1 N–H and O–H groups in total. The number of hydrogen-bond donors (Lipinski definition) is 1. The van der Waals surface area contributed by atoms with Crippen LogP contribution in [-0.2, 0) is 0 Å². The van der Waals surface area contributed by atoms with Gasteiger partial charge in [0.15, 0.2) is 0 Å². The minimum absolute atomic E-state index is 0.492. The van der Waals surface area contributed by atoms with Crippen LogP contribution in [0.15, 0.2) is 28.3 Å². The van der Waals surface area contributed by atoms with Gasteiger partial charge in [0.05, 0.1) is 6.21 Å². The third-order valence-electron chi connectivity index (χ3n) is 1.41. The first-order chi connectivity index (χ1) is 6.36. The molecule has 2 heterocycles. The highest BCUT2D eigenvalue weighted by atomic mass is 32.1. The molecular weight excluding hydrogens is 204 g/mol. The Morgan fingerprint density at radius 3 is 3.23 bits per heavy atom. The molecule has 0 unspecified atom stereocenters. The van der Waals surface area contributed by atoms with Crippen molar-refractivity contribution in [2.45, 2.75) is 0 Å². The number of H-pyrrole nitrogens is 1. The van der Waals surface area contributed by atoms with Crippen molar-refractivity contribution >= 4 is 29.8 Å². The van der Waals surface area contributed by atoms with E-state index in [9.17, 15) is 0 Å². The van der Waals surface area contributed by atoms with Crippen LogP contribution < -0.4 is 0 Å². The Kier molecular flexibility index (Phi) is 2.33. The second-order valence-corrected chi connectivity index (χ2v) is 3.47. The van der Waals surface area contributed by atoms with E-state index in [1.165, 1.54) is 11.0 Å². The van der Waals surface area contributed by atoms with Crippen molar-refractivity contribution in [2.75, 3.05) is 0 Å². The van der Waals surface area contributed by atoms with Crippen LogP contribution in [0.2, 0.25) is 0 Å². The molecule has 0 saturated heterocycles. The fourth-order valence-corrected chi connectivity index (χ4v) is 1.56. The second kappa shape index (κ2) is 3.63. The lowest BCUT2D eigenvalue weighted by atomic mass is 10.4. The molecule has 0 spiro atoms. The van der Waals surface area contributed by atoms with Crippen LogP contribution in [0.5, 0.6) is 0 Å². The maximum atomic E-state index is 4.91. The molecule has 0 saturated carbocycles. The zero-order valence-electron chi connectivity index (χ0n) is 6.54. The summed E-state index contributed by atoms with van der Waals surface area (Å²) in [6, 6.07) is 1.98. The van der Waals surface area contributed by atoms with E-state index in [0.29, 0.717) is 4.77 Å². The molecule has 0 aromatic carbocycles. The van der Waals surface area contributed by atoms with Gasteiger partial charge in [-0.1, -0.05) is 0 Å². The molecule has 4 nitrogen and oxygen atoms in total. The van der Waals surface area contributed by atoms with Gasteiger partial charge >= 0.3 is 0 Å². The van der Waals surface area contributed by atoms with Gasteiger partial charge in [-0.2, -0.15) is 26.2 Å². The smallest absolute Gasteiger partial charge is 0.216 e. The van der Waals surface area contributed by atoms with E-state index in [0.717, 1.165) is 5.56 Å². The molecule has 0 aliphatic carbocycles. The Balaban J connectivity index is 2.24. The van der Waals surface area contributed by atoms with Crippen LogP contribution in [0.1, 0.15) is 5.56 Å². The summed E-state index contributed by atoms with van der Waals surface area (Å²) < 4.78 is 2.00. The van der Waals surface area contributed by atoms with Gasteiger partial charge in [-0.25, -0.2) is 0 Å². The number of aromatic nitrogens is 3. The van der Waals surface area contributed by atoms with Crippen molar-refractivity contribution < 1.29 is 0 Å². The predicted octanol–water partition coefficient (Wildman–Crippen LogP) is 1.88. The van der Waals surface area contributed by atoms with Crippen LogP contribution in [0.25, 0.3) is 0 Å². The largest absolute Gasteiger partial charge is 0.250 e. The Morgan fingerprint density at radius 2 is 2.62 bits per heavy atom. The van der Waals surface area contributed by atoms with Crippen LogP contribution in [0.4, 0.5) is 0 Å². The van der Waals surface area contributed by atoms with E-state index in [-0.39, 0.29) is 0 Å². The summed E-state index contributed by atoms with van der Waals surface area (Å²) in [5.41, 5.74) is 1.06. The van der Waals surface area contributed by atoms with Gasteiger partial charge in [-0.3, -0.25) is 5.10 Å². The van der Waals surface area contributed by atoms with Crippen LogP contribution in [0.3, 0.4) is 0 Å². The van der Waals surface area contributed by atoms with Gasteiger partial charge in [0.2, 0.25) is 4.77 Å². The van der Waals surface area contributed by atoms with Gasteiger partial charge in [0.25, 0.3) is 0 Å². The fraction of sp³-hybridized carbons (Fsp3) is 0. The molecule has 0 aliphatic rings. The SMILES string of the molecule is S=c1[nH]ncn1/N=C\c1ccsc1. The minimum atomic E-state index is 0.492. The number of thiophene rings is 1. The highest BCUT2D eigenvalue weighted by molar-refractivity contribution is 7.71. The van der Waals surface area contributed by atoms with Gasteiger partial charge in [0.1, 0.15) is 6.33 Å². The molecule has 0 fully saturated rings. The zero-order chi connectivity index (χ0) is 9.10. The summed E-state index contributed by atoms with van der Waals surface area (Å²) in [6.07, 6.45) is 3.27. The van der Waals surface area contributed by atoms with Gasteiger partial charge in [0, 0.05) is 5.56 Å². The first-order valence-electron chi connectivity index (χ1n) is 3.55. The Labute approximate surface area is 83.5 Å². The van der Waals surface area contributed by atoms with Crippen LogP contribution in [-0.4, -0.2) is 21.1 Å². The lowest BCUT2D eigenvalue weighted by Crippen LogP contribution is -1.87. The quantitative estimate of drug-likeness (QED) is 0.607. The summed E-state index contributed by atoms with van der Waals surface area (Å²) in [7, 11) is 0. The summed E-state index contributed by atoms with van der Waals surface area (Å²) >= 11 is 6.54. The van der Waals surface area contributed by atoms with Crippen LogP contribution in [0, 0.1) is 4.77 Å². The summed E-state index contributed by atoms with van der Waals surface area (Å²) in [4.78, 5) is 0. The number of nitrogens with zero attached hydrogens (tertiary/aromatic N) is 3. The number of hydrogen-bond acceptors (Lipinski definition) is 4. The maximum Gasteiger partial charge on any atom is 0.216 e. The average Bonchev–Trinajstić information content (AvgIpc) is 2.72. The first-order valence-corrected chi connectivity index (χ1v) is 4.90. The molecule has 2 aromatic rings. The molecule has 0 bridgehead atoms. The first kappa shape index (κ1) is 8.33. The average molecular weight is 210 g/mol. The van der Waals surface area contributed by atoms with Crippen LogP contribution >= 0.6 is 23.6 Å².